The Morgan fingerprint density at radius 3 is 2.62 bits per heavy atom. The van der Waals surface area contributed by atoms with Crippen LogP contribution in [-0.4, -0.2) is 66.4 Å². The quantitative estimate of drug-likeness (QED) is 0.471. The first-order valence-corrected chi connectivity index (χ1v) is 13.7. The molecule has 3 heterocycles. The minimum Gasteiger partial charge on any atom is -0.376 e. The topological polar surface area (TPSA) is 70.2 Å². The number of benzene rings is 2. The molecule has 0 aliphatic carbocycles. The van der Waals surface area contributed by atoms with Crippen molar-refractivity contribution in [1.29, 1.82) is 0 Å². The predicted molar refractivity (Wildman–Crippen MR) is 142 cm³/mol. The molecule has 5 rings (SSSR count). The van der Waals surface area contributed by atoms with Crippen LogP contribution >= 0.6 is 0 Å². The highest BCUT2D eigenvalue weighted by Crippen LogP contribution is 2.35. The second-order valence-electron chi connectivity index (χ2n) is 10.4. The van der Waals surface area contributed by atoms with Crippen LogP contribution in [-0.2, 0) is 16.1 Å². The fraction of sp³-hybridized carbons (Fsp3) is 0.500. The van der Waals surface area contributed by atoms with Gasteiger partial charge in [0, 0.05) is 32.8 Å². The average Bonchev–Trinajstić information content (AvgIpc) is 3.54. The molecule has 2 saturated heterocycles. The standard InChI is InChI=1S/C30H37N3O4/c1-2-3-16-32(19-22-10-5-4-6-11-22)28(34)23-12-8-17-31(20-23)26-15-7-14-25-27(26)30(36)33(29(25)35)21-24-13-9-18-37-24/h4-7,10-11,14-15,23-24H,2-3,8-9,12-13,16-21H2,1H3/t23-,24+/m1/s1. The molecule has 2 fully saturated rings. The maximum Gasteiger partial charge on any atom is 0.263 e. The molecule has 3 aliphatic heterocycles. The summed E-state index contributed by atoms with van der Waals surface area (Å²) in [7, 11) is 0. The summed E-state index contributed by atoms with van der Waals surface area (Å²) >= 11 is 0. The molecule has 0 bridgehead atoms. The normalized spacial score (nSPS) is 21.4. The second-order valence-corrected chi connectivity index (χ2v) is 10.4. The lowest BCUT2D eigenvalue weighted by atomic mass is 9.94. The van der Waals surface area contributed by atoms with Gasteiger partial charge in [0.1, 0.15) is 0 Å². The van der Waals surface area contributed by atoms with Crippen molar-refractivity contribution in [2.75, 3.05) is 37.7 Å². The summed E-state index contributed by atoms with van der Waals surface area (Å²) in [6, 6.07) is 15.7. The van der Waals surface area contributed by atoms with Gasteiger partial charge in [-0.15, -0.1) is 0 Å². The van der Waals surface area contributed by atoms with Crippen molar-refractivity contribution >= 4 is 23.4 Å². The Labute approximate surface area is 219 Å². The van der Waals surface area contributed by atoms with Crippen LogP contribution in [0.5, 0.6) is 0 Å². The van der Waals surface area contributed by atoms with Crippen molar-refractivity contribution in [3.8, 4) is 0 Å². The molecule has 2 atom stereocenters. The van der Waals surface area contributed by atoms with Gasteiger partial charge in [0.15, 0.2) is 0 Å². The average molecular weight is 504 g/mol. The number of imide groups is 1. The SMILES string of the molecule is CCCCN(Cc1ccccc1)C(=O)[C@@H]1CCCN(c2cccc3c2C(=O)N(C[C@@H]2CCCO2)C3=O)C1. The lowest BCUT2D eigenvalue weighted by Gasteiger charge is -2.37. The summed E-state index contributed by atoms with van der Waals surface area (Å²) in [5.74, 6) is -0.443. The van der Waals surface area contributed by atoms with Crippen LogP contribution < -0.4 is 4.90 Å². The van der Waals surface area contributed by atoms with E-state index in [0.717, 1.165) is 62.9 Å². The highest BCUT2D eigenvalue weighted by Gasteiger charge is 2.41. The molecule has 0 radical (unpaired) electrons. The van der Waals surface area contributed by atoms with Gasteiger partial charge in [0.25, 0.3) is 11.8 Å². The molecule has 0 saturated carbocycles. The van der Waals surface area contributed by atoms with E-state index in [4.69, 9.17) is 4.74 Å². The highest BCUT2D eigenvalue weighted by molar-refractivity contribution is 6.23. The first-order chi connectivity index (χ1) is 18.1. The number of rotatable bonds is 9. The van der Waals surface area contributed by atoms with Crippen LogP contribution in [0, 0.1) is 5.92 Å². The monoisotopic (exact) mass is 503 g/mol. The van der Waals surface area contributed by atoms with Crippen molar-refractivity contribution in [2.45, 2.75) is 58.1 Å². The molecule has 196 valence electrons. The van der Waals surface area contributed by atoms with E-state index in [1.807, 2.05) is 35.2 Å². The zero-order chi connectivity index (χ0) is 25.8. The zero-order valence-electron chi connectivity index (χ0n) is 21.7. The molecule has 3 aliphatic rings. The number of carbonyl (C=O) groups excluding carboxylic acids is 3. The molecule has 7 nitrogen and oxygen atoms in total. The predicted octanol–water partition coefficient (Wildman–Crippen LogP) is 4.51. The van der Waals surface area contributed by atoms with Gasteiger partial charge in [-0.25, -0.2) is 0 Å². The van der Waals surface area contributed by atoms with Gasteiger partial charge in [0.05, 0.1) is 35.4 Å². The van der Waals surface area contributed by atoms with E-state index in [0.29, 0.717) is 37.4 Å². The fourth-order valence-electron chi connectivity index (χ4n) is 5.81. The van der Waals surface area contributed by atoms with Crippen molar-refractivity contribution < 1.29 is 19.1 Å². The molecule has 0 N–H and O–H groups in total. The third kappa shape index (κ3) is 5.42. The van der Waals surface area contributed by atoms with Crippen molar-refractivity contribution in [1.82, 2.24) is 9.80 Å². The van der Waals surface area contributed by atoms with E-state index in [-0.39, 0.29) is 29.7 Å². The van der Waals surface area contributed by atoms with Crippen molar-refractivity contribution in [3.63, 3.8) is 0 Å². The molecule has 3 amide bonds. The number of hydrogen-bond donors (Lipinski definition) is 0. The van der Waals surface area contributed by atoms with Gasteiger partial charge in [0.2, 0.25) is 5.91 Å². The fourth-order valence-corrected chi connectivity index (χ4v) is 5.81. The summed E-state index contributed by atoms with van der Waals surface area (Å²) in [5, 5.41) is 0. The molecule has 2 aromatic carbocycles. The van der Waals surface area contributed by atoms with Gasteiger partial charge in [-0.2, -0.15) is 0 Å². The summed E-state index contributed by atoms with van der Waals surface area (Å²) < 4.78 is 5.69. The van der Waals surface area contributed by atoms with Crippen LogP contribution in [0.2, 0.25) is 0 Å². The molecule has 0 aromatic heterocycles. The minimum absolute atomic E-state index is 0.0821. The third-order valence-electron chi connectivity index (χ3n) is 7.81. The smallest absolute Gasteiger partial charge is 0.263 e. The van der Waals surface area contributed by atoms with Crippen LogP contribution in [0.15, 0.2) is 48.5 Å². The van der Waals surface area contributed by atoms with Crippen molar-refractivity contribution in [3.05, 3.63) is 65.2 Å². The number of nitrogens with zero attached hydrogens (tertiary/aromatic N) is 3. The molecular formula is C30H37N3O4. The Morgan fingerprint density at radius 2 is 1.86 bits per heavy atom. The van der Waals surface area contributed by atoms with E-state index in [2.05, 4.69) is 24.0 Å². The van der Waals surface area contributed by atoms with Gasteiger partial charge < -0.3 is 14.5 Å². The molecule has 0 spiro atoms. The highest BCUT2D eigenvalue weighted by atomic mass is 16.5. The van der Waals surface area contributed by atoms with Crippen LogP contribution in [0.3, 0.4) is 0 Å². The number of fused-ring (bicyclic) bond motifs is 1. The van der Waals surface area contributed by atoms with Crippen LogP contribution in [0.25, 0.3) is 0 Å². The number of hydrogen-bond acceptors (Lipinski definition) is 5. The number of carbonyl (C=O) groups is 3. The van der Waals surface area contributed by atoms with E-state index in [1.54, 1.807) is 6.07 Å². The maximum atomic E-state index is 13.7. The van der Waals surface area contributed by atoms with E-state index < -0.39 is 0 Å². The first-order valence-electron chi connectivity index (χ1n) is 13.7. The van der Waals surface area contributed by atoms with E-state index in [1.165, 1.54) is 4.90 Å². The Bertz CT molecular complexity index is 1130. The van der Waals surface area contributed by atoms with Crippen LogP contribution in [0.4, 0.5) is 5.69 Å². The Morgan fingerprint density at radius 1 is 1.03 bits per heavy atom. The van der Waals surface area contributed by atoms with E-state index >= 15 is 0 Å². The van der Waals surface area contributed by atoms with Gasteiger partial charge in [-0.1, -0.05) is 49.7 Å². The number of anilines is 1. The third-order valence-corrected chi connectivity index (χ3v) is 7.81. The van der Waals surface area contributed by atoms with Gasteiger partial charge in [-0.3, -0.25) is 19.3 Å². The number of ether oxygens (including phenoxy) is 1. The lowest BCUT2D eigenvalue weighted by molar-refractivity contribution is -0.136. The van der Waals surface area contributed by atoms with Crippen LogP contribution in [0.1, 0.15) is 71.7 Å². The number of piperidine rings is 1. The zero-order valence-corrected chi connectivity index (χ0v) is 21.7. The van der Waals surface area contributed by atoms with Gasteiger partial charge in [-0.05, 0) is 49.8 Å². The summed E-state index contributed by atoms with van der Waals surface area (Å²) in [5.41, 5.74) is 2.84. The Hall–Kier alpha value is -3.19. The summed E-state index contributed by atoms with van der Waals surface area (Å²) in [4.78, 5) is 45.8. The molecule has 2 aromatic rings. The Kier molecular flexibility index (Phi) is 7.89. The Balaban J connectivity index is 1.33. The molecule has 0 unspecified atom stereocenters. The number of unbranched alkanes of at least 4 members (excludes halogenated alkanes) is 1. The van der Waals surface area contributed by atoms with Crippen molar-refractivity contribution in [2.24, 2.45) is 5.92 Å². The van der Waals surface area contributed by atoms with Gasteiger partial charge >= 0.3 is 0 Å². The first kappa shape index (κ1) is 25.5. The second kappa shape index (κ2) is 11.5. The molecular weight excluding hydrogens is 466 g/mol. The van der Waals surface area contributed by atoms with E-state index in [9.17, 15) is 14.4 Å². The minimum atomic E-state index is -0.242. The maximum absolute atomic E-state index is 13.7. The molecule has 37 heavy (non-hydrogen) atoms. The summed E-state index contributed by atoms with van der Waals surface area (Å²) in [6.07, 6.45) is 5.45. The number of amides is 3. The molecule has 7 heteroatoms. The largest absolute Gasteiger partial charge is 0.376 e. The summed E-state index contributed by atoms with van der Waals surface area (Å²) in [6.45, 7) is 5.81. The lowest BCUT2D eigenvalue weighted by Crippen LogP contribution is -2.45.